The van der Waals surface area contributed by atoms with E-state index >= 15 is 35.1 Å². The summed E-state index contributed by atoms with van der Waals surface area (Å²) >= 11 is 0. The zero-order valence-electron chi connectivity index (χ0n) is 39.5. The maximum Gasteiger partial charge on any atom is 0.194 e. The maximum absolute atomic E-state index is 15.0. The second kappa shape index (κ2) is 18.6. The first-order valence-electron chi connectivity index (χ1n) is 24.0. The van der Waals surface area contributed by atoms with Gasteiger partial charge in [0.15, 0.2) is 69.8 Å². The standard InChI is InChI=1S/C62H36F12NO/c63-49-21-37(22-50(64)59(49)71)33-13-34(38-23-51(65)60(72)52(66)24-38)16-41(15-33)45-19-31-5-1-3-7-43(31)57-47(45)29-75(9-11-76-12-10-75)30-48-46(20-32-6-2-4-8-44(32)58(48)57)42-17-35(39-25-53(67)61(73)54(68)26-39)14-36(18-42)40-27-55(69)62(74)56(70)28-40/h1-8,13-28H,9-12,29-30H2/q+1. The highest BCUT2D eigenvalue weighted by atomic mass is 19.2. The summed E-state index contributed by atoms with van der Waals surface area (Å²) in [5.74, 6) is -18.7. The first-order valence-corrected chi connectivity index (χ1v) is 24.0. The molecule has 0 aromatic heterocycles. The van der Waals surface area contributed by atoms with E-state index in [1.807, 2.05) is 60.7 Å². The Morgan fingerprint density at radius 1 is 0.303 bits per heavy atom. The predicted molar refractivity (Wildman–Crippen MR) is 267 cm³/mol. The van der Waals surface area contributed by atoms with Gasteiger partial charge < -0.3 is 9.22 Å². The van der Waals surface area contributed by atoms with Gasteiger partial charge >= 0.3 is 0 Å². The molecule has 0 N–H and O–H groups in total. The fourth-order valence-corrected chi connectivity index (χ4v) is 11.1. The van der Waals surface area contributed by atoms with E-state index in [0.717, 1.165) is 92.3 Å². The van der Waals surface area contributed by atoms with Crippen molar-refractivity contribution in [1.29, 1.82) is 0 Å². The number of hydrogen-bond acceptors (Lipinski definition) is 1. The van der Waals surface area contributed by atoms with Crippen LogP contribution in [0.5, 0.6) is 0 Å². The molecule has 1 fully saturated rings. The molecule has 2 heterocycles. The first kappa shape index (κ1) is 48.7. The summed E-state index contributed by atoms with van der Waals surface area (Å²) in [6, 6.07) is 34.8. The summed E-state index contributed by atoms with van der Waals surface area (Å²) in [7, 11) is 0. The second-order valence-corrected chi connectivity index (χ2v) is 19.3. The largest absolute Gasteiger partial charge is 0.370 e. The molecule has 0 aliphatic carbocycles. The van der Waals surface area contributed by atoms with Crippen LogP contribution in [0, 0.1) is 69.8 Å². The van der Waals surface area contributed by atoms with Gasteiger partial charge in [-0.15, -0.1) is 0 Å². The van der Waals surface area contributed by atoms with Gasteiger partial charge in [-0.05, 0) is 185 Å². The SMILES string of the molecule is Fc1cc(-c2cc(-c3cc(F)c(F)c(F)c3)cc(-c3cc4ccccc4c4c3C[N+]3(CCOCC3)Cc3c(-c5cc(-c6cc(F)c(F)c(F)c6)cc(-c6cc(F)c(F)c(F)c6)c5)cc5ccccc5c3-4)c2)cc(F)c1F. The lowest BCUT2D eigenvalue weighted by Crippen LogP contribution is -2.53. The van der Waals surface area contributed by atoms with Crippen molar-refractivity contribution in [3.63, 3.8) is 0 Å². The molecule has 10 aromatic carbocycles. The Kier molecular flexibility index (Phi) is 11.9. The van der Waals surface area contributed by atoms with Gasteiger partial charge in [-0.3, -0.25) is 0 Å². The predicted octanol–water partition coefficient (Wildman–Crippen LogP) is 17.2. The molecule has 378 valence electrons. The van der Waals surface area contributed by atoms with Crippen molar-refractivity contribution in [3.8, 4) is 77.9 Å². The monoisotopic (exact) mass is 1040 g/mol. The number of quaternary nitrogens is 1. The third-order valence-electron chi connectivity index (χ3n) is 14.7. The molecule has 0 saturated carbocycles. The van der Waals surface area contributed by atoms with Crippen LogP contribution in [0.1, 0.15) is 11.1 Å². The molecular formula is C62H36F12NO+. The van der Waals surface area contributed by atoms with Crippen LogP contribution in [-0.4, -0.2) is 30.8 Å². The number of halogens is 12. The number of fused-ring (bicyclic) bond motifs is 7. The highest BCUT2D eigenvalue weighted by Gasteiger charge is 2.39. The molecule has 2 aliphatic heterocycles. The van der Waals surface area contributed by atoms with Gasteiger partial charge in [-0.2, -0.15) is 0 Å². The number of benzene rings is 10. The van der Waals surface area contributed by atoms with Crippen molar-refractivity contribution in [2.75, 3.05) is 26.3 Å². The lowest BCUT2D eigenvalue weighted by Gasteiger charge is -2.41. The third-order valence-corrected chi connectivity index (χ3v) is 14.7. The Morgan fingerprint density at radius 3 is 0.868 bits per heavy atom. The molecule has 0 atom stereocenters. The molecule has 0 bridgehead atoms. The normalized spacial score (nSPS) is 14.1. The second-order valence-electron chi connectivity index (χ2n) is 19.3. The highest BCUT2D eigenvalue weighted by molar-refractivity contribution is 6.12. The number of rotatable bonds is 6. The summed E-state index contributed by atoms with van der Waals surface area (Å²) in [6.07, 6.45) is 0. The van der Waals surface area contributed by atoms with E-state index in [-0.39, 0.29) is 44.5 Å². The van der Waals surface area contributed by atoms with E-state index in [4.69, 9.17) is 4.74 Å². The zero-order valence-corrected chi connectivity index (χ0v) is 39.5. The number of hydrogen-bond donors (Lipinski definition) is 0. The number of nitrogens with zero attached hydrogens (tertiary/aromatic N) is 1. The highest BCUT2D eigenvalue weighted by Crippen LogP contribution is 2.51. The molecule has 12 rings (SSSR count). The van der Waals surface area contributed by atoms with Crippen LogP contribution >= 0.6 is 0 Å². The van der Waals surface area contributed by atoms with E-state index in [0.29, 0.717) is 66.1 Å². The van der Waals surface area contributed by atoms with E-state index in [2.05, 4.69) is 0 Å². The Labute approximate surface area is 425 Å². The van der Waals surface area contributed by atoms with Crippen LogP contribution in [0.15, 0.2) is 146 Å². The summed E-state index contributed by atoms with van der Waals surface area (Å²) in [5, 5.41) is 3.04. The fourth-order valence-electron chi connectivity index (χ4n) is 11.1. The van der Waals surface area contributed by atoms with Crippen LogP contribution in [0.3, 0.4) is 0 Å². The van der Waals surface area contributed by atoms with Crippen LogP contribution < -0.4 is 0 Å². The zero-order chi connectivity index (χ0) is 52.9. The fraction of sp³-hybridized carbons (Fsp3) is 0.0968. The maximum atomic E-state index is 15.0. The van der Waals surface area contributed by atoms with Gasteiger partial charge in [0.05, 0.1) is 13.2 Å². The molecule has 2 aliphatic rings. The van der Waals surface area contributed by atoms with Crippen molar-refractivity contribution in [1.82, 2.24) is 0 Å². The van der Waals surface area contributed by atoms with Crippen LogP contribution in [0.25, 0.3) is 99.4 Å². The lowest BCUT2D eigenvalue weighted by atomic mass is 9.81. The molecule has 1 saturated heterocycles. The first-order chi connectivity index (χ1) is 36.5. The summed E-state index contributed by atoms with van der Waals surface area (Å²) < 4.78 is 185. The average molecular weight is 1040 g/mol. The van der Waals surface area contributed by atoms with Gasteiger partial charge in [0.25, 0.3) is 0 Å². The smallest absolute Gasteiger partial charge is 0.194 e. The Morgan fingerprint density at radius 2 is 0.566 bits per heavy atom. The molecule has 76 heavy (non-hydrogen) atoms. The van der Waals surface area contributed by atoms with E-state index in [1.54, 1.807) is 24.3 Å². The summed E-state index contributed by atoms with van der Waals surface area (Å²) in [6.45, 7) is 2.27. The van der Waals surface area contributed by atoms with Crippen molar-refractivity contribution < 1.29 is 61.9 Å². The van der Waals surface area contributed by atoms with Crippen LogP contribution in [-0.2, 0) is 17.8 Å². The minimum atomic E-state index is -1.70. The minimum absolute atomic E-state index is 0.106. The molecule has 2 nitrogen and oxygen atoms in total. The van der Waals surface area contributed by atoms with Crippen LogP contribution in [0.2, 0.25) is 0 Å². The van der Waals surface area contributed by atoms with Gasteiger partial charge in [0.1, 0.15) is 26.2 Å². The minimum Gasteiger partial charge on any atom is -0.370 e. The third kappa shape index (κ3) is 8.36. The Bertz CT molecular complexity index is 3590. The lowest BCUT2D eigenvalue weighted by molar-refractivity contribution is -0.959. The molecule has 14 heteroatoms. The Balaban J connectivity index is 1.20. The molecular weight excluding hydrogens is 1000 g/mol. The van der Waals surface area contributed by atoms with Gasteiger partial charge in [-0.1, -0.05) is 48.5 Å². The van der Waals surface area contributed by atoms with Gasteiger partial charge in [0, 0.05) is 22.3 Å². The molecule has 0 radical (unpaired) electrons. The molecule has 1 spiro atoms. The number of morpholine rings is 1. The molecule has 10 aromatic rings. The van der Waals surface area contributed by atoms with Crippen molar-refractivity contribution in [2.24, 2.45) is 0 Å². The molecule has 0 unspecified atom stereocenters. The Hall–Kier alpha value is -8.20. The topological polar surface area (TPSA) is 9.23 Å². The van der Waals surface area contributed by atoms with Crippen molar-refractivity contribution >= 4 is 21.5 Å². The van der Waals surface area contributed by atoms with Gasteiger partial charge in [0.2, 0.25) is 0 Å². The molecule has 0 amide bonds. The van der Waals surface area contributed by atoms with Crippen molar-refractivity contribution in [3.05, 3.63) is 227 Å². The summed E-state index contributed by atoms with van der Waals surface area (Å²) in [4.78, 5) is 0. The van der Waals surface area contributed by atoms with Crippen LogP contribution in [0.4, 0.5) is 52.7 Å². The van der Waals surface area contributed by atoms with E-state index in [9.17, 15) is 17.6 Å². The van der Waals surface area contributed by atoms with Crippen molar-refractivity contribution in [2.45, 2.75) is 13.1 Å². The van der Waals surface area contributed by atoms with E-state index in [1.165, 1.54) is 12.1 Å². The number of ether oxygens (including phenoxy) is 1. The summed E-state index contributed by atoms with van der Waals surface area (Å²) in [5.41, 5.74) is 5.20. The quantitative estimate of drug-likeness (QED) is 0.0916. The average Bonchev–Trinajstić information content (AvgIpc) is 3.56. The van der Waals surface area contributed by atoms with Gasteiger partial charge in [-0.25, -0.2) is 52.7 Å². The van der Waals surface area contributed by atoms with E-state index < -0.39 is 69.8 Å².